The molecule has 2 aromatic heterocycles. The Morgan fingerprint density at radius 3 is 2.72 bits per heavy atom. The number of fused-ring (bicyclic) bond motifs is 1. The lowest BCUT2D eigenvalue weighted by molar-refractivity contribution is 0.413. The number of benzene rings is 2. The molecule has 3 heterocycles. The van der Waals surface area contributed by atoms with Crippen molar-refractivity contribution in [2.75, 3.05) is 7.11 Å². The molecule has 0 bridgehead atoms. The minimum atomic E-state index is -0.223. The number of rotatable bonds is 5. The fraction of sp³-hybridized carbons (Fsp3) is 0.240. The molecule has 0 aliphatic carbocycles. The van der Waals surface area contributed by atoms with Crippen molar-refractivity contribution in [2.24, 2.45) is 0 Å². The molecule has 0 amide bonds. The van der Waals surface area contributed by atoms with Gasteiger partial charge in [-0.3, -0.25) is 0 Å². The van der Waals surface area contributed by atoms with Crippen molar-refractivity contribution in [1.29, 1.82) is 0 Å². The molecule has 1 aliphatic rings. The number of hydrogen-bond donors (Lipinski definition) is 0. The average Bonchev–Trinajstić information content (AvgIpc) is 3.43. The molecule has 5 rings (SSSR count). The number of imidazole rings is 1. The predicted molar refractivity (Wildman–Crippen MR) is 121 cm³/mol. The molecule has 0 unspecified atom stereocenters. The molecule has 1 atom stereocenters. The van der Waals surface area contributed by atoms with E-state index in [-0.39, 0.29) is 11.7 Å². The Hall–Kier alpha value is -3.74. The molecule has 162 valence electrons. The monoisotopic (exact) mass is 429 g/mol. The molecule has 0 radical (unpaired) electrons. The van der Waals surface area contributed by atoms with Crippen molar-refractivity contribution >= 4 is 12.2 Å². The Balaban J connectivity index is 1.40. The smallest absolute Gasteiger partial charge is 0.174 e. The van der Waals surface area contributed by atoms with Gasteiger partial charge in [-0.2, -0.15) is 5.10 Å². The van der Waals surface area contributed by atoms with Gasteiger partial charge in [-0.05, 0) is 61.2 Å². The molecular weight excluding hydrogens is 405 g/mol. The van der Waals surface area contributed by atoms with E-state index in [9.17, 15) is 4.39 Å². The summed E-state index contributed by atoms with van der Waals surface area (Å²) in [6.45, 7) is 2.80. The molecule has 0 saturated heterocycles. The number of ether oxygens (including phenoxy) is 1. The zero-order valence-corrected chi connectivity index (χ0v) is 18.1. The second-order valence-electron chi connectivity index (χ2n) is 7.98. The van der Waals surface area contributed by atoms with Gasteiger partial charge >= 0.3 is 0 Å². The SMILES string of the molecule is COc1cc(C=Cc2nc3n(n2)CCC[C@@H]3c2ccc(F)cc2)ccc1-n1cnc(C)c1. The van der Waals surface area contributed by atoms with Crippen molar-refractivity contribution < 1.29 is 9.13 Å². The standard InChI is InChI=1S/C25H24FN5O/c1-17-15-30(16-27-17)22-11-5-18(14-23(22)32-2)6-12-24-28-25-21(4-3-13-31(25)29-24)19-7-9-20(26)10-8-19/h5-12,14-16,21H,3-4,13H2,1-2H3/t21-/m1/s1. The van der Waals surface area contributed by atoms with E-state index in [1.54, 1.807) is 13.4 Å². The third-order valence-electron chi connectivity index (χ3n) is 5.78. The average molecular weight is 429 g/mol. The van der Waals surface area contributed by atoms with E-state index in [1.807, 2.05) is 64.9 Å². The van der Waals surface area contributed by atoms with E-state index in [0.29, 0.717) is 5.82 Å². The Bertz CT molecular complexity index is 1270. The lowest BCUT2D eigenvalue weighted by Crippen LogP contribution is -2.17. The molecule has 2 aromatic carbocycles. The molecular formula is C25H24FN5O. The normalized spacial score (nSPS) is 15.8. The van der Waals surface area contributed by atoms with Gasteiger partial charge in [0, 0.05) is 18.7 Å². The summed E-state index contributed by atoms with van der Waals surface area (Å²) < 4.78 is 22.9. The summed E-state index contributed by atoms with van der Waals surface area (Å²) in [5, 5.41) is 4.67. The first-order valence-corrected chi connectivity index (χ1v) is 10.7. The second-order valence-corrected chi connectivity index (χ2v) is 7.98. The largest absolute Gasteiger partial charge is 0.495 e. The maximum absolute atomic E-state index is 13.3. The predicted octanol–water partition coefficient (Wildman–Crippen LogP) is 5.02. The molecule has 32 heavy (non-hydrogen) atoms. The van der Waals surface area contributed by atoms with Crippen LogP contribution in [0.25, 0.3) is 17.8 Å². The molecule has 0 saturated carbocycles. The third kappa shape index (κ3) is 3.93. The number of aryl methyl sites for hydroxylation is 2. The summed E-state index contributed by atoms with van der Waals surface area (Å²) in [5.74, 6) is 2.28. The van der Waals surface area contributed by atoms with Crippen LogP contribution >= 0.6 is 0 Å². The van der Waals surface area contributed by atoms with E-state index < -0.39 is 0 Å². The Labute approximate surface area is 186 Å². The summed E-state index contributed by atoms with van der Waals surface area (Å²) in [7, 11) is 1.66. The topological polar surface area (TPSA) is 57.8 Å². The highest BCUT2D eigenvalue weighted by Gasteiger charge is 2.25. The van der Waals surface area contributed by atoms with Gasteiger partial charge in [-0.25, -0.2) is 19.0 Å². The summed E-state index contributed by atoms with van der Waals surface area (Å²) in [4.78, 5) is 9.07. The lowest BCUT2D eigenvalue weighted by atomic mass is 9.91. The van der Waals surface area contributed by atoms with Crippen LogP contribution in [0.3, 0.4) is 0 Å². The number of nitrogens with zero attached hydrogens (tertiary/aromatic N) is 5. The van der Waals surface area contributed by atoms with Crippen molar-refractivity contribution in [2.45, 2.75) is 32.2 Å². The first kappa shape index (κ1) is 20.2. The van der Waals surface area contributed by atoms with Gasteiger partial charge in [0.05, 0.1) is 24.8 Å². The summed E-state index contributed by atoms with van der Waals surface area (Å²) in [5.41, 5.74) is 3.95. The van der Waals surface area contributed by atoms with Gasteiger partial charge in [-0.15, -0.1) is 0 Å². The van der Waals surface area contributed by atoms with E-state index in [1.165, 1.54) is 12.1 Å². The van der Waals surface area contributed by atoms with Gasteiger partial charge in [0.1, 0.15) is 17.4 Å². The molecule has 7 heteroatoms. The van der Waals surface area contributed by atoms with Crippen LogP contribution in [0.15, 0.2) is 55.0 Å². The van der Waals surface area contributed by atoms with E-state index in [0.717, 1.165) is 53.5 Å². The summed E-state index contributed by atoms with van der Waals surface area (Å²) in [6.07, 6.45) is 9.65. The fourth-order valence-corrected chi connectivity index (χ4v) is 4.19. The minimum Gasteiger partial charge on any atom is -0.495 e. The fourth-order valence-electron chi connectivity index (χ4n) is 4.19. The molecule has 0 fully saturated rings. The maximum Gasteiger partial charge on any atom is 0.174 e. The highest BCUT2D eigenvalue weighted by atomic mass is 19.1. The Morgan fingerprint density at radius 2 is 1.97 bits per heavy atom. The van der Waals surface area contributed by atoms with E-state index >= 15 is 0 Å². The highest BCUT2D eigenvalue weighted by Crippen LogP contribution is 2.32. The van der Waals surface area contributed by atoms with Crippen LogP contribution in [-0.2, 0) is 6.54 Å². The van der Waals surface area contributed by atoms with Gasteiger partial charge in [-0.1, -0.05) is 24.3 Å². The van der Waals surface area contributed by atoms with Gasteiger partial charge in [0.25, 0.3) is 0 Å². The van der Waals surface area contributed by atoms with Gasteiger partial charge < -0.3 is 9.30 Å². The van der Waals surface area contributed by atoms with Crippen LogP contribution < -0.4 is 4.74 Å². The highest BCUT2D eigenvalue weighted by molar-refractivity contribution is 5.69. The number of methoxy groups -OCH3 is 1. The maximum atomic E-state index is 13.3. The summed E-state index contributed by atoms with van der Waals surface area (Å²) >= 11 is 0. The van der Waals surface area contributed by atoms with Crippen LogP contribution in [-0.4, -0.2) is 31.4 Å². The van der Waals surface area contributed by atoms with Gasteiger partial charge in [0.15, 0.2) is 5.82 Å². The first-order valence-electron chi connectivity index (χ1n) is 10.7. The van der Waals surface area contributed by atoms with Gasteiger partial charge in [0.2, 0.25) is 0 Å². The zero-order chi connectivity index (χ0) is 22.1. The van der Waals surface area contributed by atoms with Crippen molar-refractivity contribution in [3.05, 3.63) is 89.3 Å². The zero-order valence-electron chi connectivity index (χ0n) is 18.1. The quantitative estimate of drug-likeness (QED) is 0.447. The van der Waals surface area contributed by atoms with E-state index in [4.69, 9.17) is 9.72 Å². The number of hydrogen-bond acceptors (Lipinski definition) is 4. The van der Waals surface area contributed by atoms with Crippen molar-refractivity contribution in [1.82, 2.24) is 24.3 Å². The molecule has 1 aliphatic heterocycles. The summed E-state index contributed by atoms with van der Waals surface area (Å²) in [6, 6.07) is 12.7. The lowest BCUT2D eigenvalue weighted by Gasteiger charge is -2.22. The first-order chi connectivity index (χ1) is 15.6. The van der Waals surface area contributed by atoms with Crippen LogP contribution in [0, 0.1) is 12.7 Å². The van der Waals surface area contributed by atoms with Crippen LogP contribution in [0.2, 0.25) is 0 Å². The molecule has 0 N–H and O–H groups in total. The second kappa shape index (κ2) is 8.42. The van der Waals surface area contributed by atoms with Crippen molar-refractivity contribution in [3.63, 3.8) is 0 Å². The van der Waals surface area contributed by atoms with Crippen LogP contribution in [0.5, 0.6) is 5.75 Å². The Kier molecular flexibility index (Phi) is 5.31. The number of aromatic nitrogens is 5. The van der Waals surface area contributed by atoms with E-state index in [2.05, 4.69) is 10.1 Å². The Morgan fingerprint density at radius 1 is 1.12 bits per heavy atom. The molecule has 6 nitrogen and oxygen atoms in total. The van der Waals surface area contributed by atoms with Crippen molar-refractivity contribution in [3.8, 4) is 11.4 Å². The molecule has 4 aromatic rings. The number of halogens is 1. The molecule has 0 spiro atoms. The third-order valence-corrected chi connectivity index (χ3v) is 5.78. The van der Waals surface area contributed by atoms with Crippen LogP contribution in [0.4, 0.5) is 4.39 Å². The van der Waals surface area contributed by atoms with Crippen LogP contribution in [0.1, 0.15) is 47.2 Å². The minimum absolute atomic E-state index is 0.136.